The summed E-state index contributed by atoms with van der Waals surface area (Å²) in [5, 5.41) is 16.6. The molecule has 0 spiro atoms. The average Bonchev–Trinajstić information content (AvgIpc) is 3.04. The van der Waals surface area contributed by atoms with Crippen LogP contribution in [0.25, 0.3) is 16.5 Å². The van der Waals surface area contributed by atoms with Crippen molar-refractivity contribution in [3.63, 3.8) is 0 Å². The van der Waals surface area contributed by atoms with Gasteiger partial charge in [-0.25, -0.2) is 4.98 Å². The SMILES string of the molecule is N#Cc1ccc(-n2c(Br)cnc2SC(F)(F)C(=O)NCC(=O)O)c2ccccc12. The maximum atomic E-state index is 14.3. The summed E-state index contributed by atoms with van der Waals surface area (Å²) in [5.74, 6) is -3.17. The van der Waals surface area contributed by atoms with Gasteiger partial charge in [-0.3, -0.25) is 14.2 Å². The lowest BCUT2D eigenvalue weighted by Crippen LogP contribution is -2.40. The summed E-state index contributed by atoms with van der Waals surface area (Å²) >= 11 is 3.15. The van der Waals surface area contributed by atoms with Gasteiger partial charge in [-0.1, -0.05) is 24.3 Å². The van der Waals surface area contributed by atoms with Crippen LogP contribution in [-0.2, 0) is 9.59 Å². The Morgan fingerprint density at radius 1 is 1.28 bits per heavy atom. The first kappa shape index (κ1) is 20.8. The number of rotatable bonds is 6. The van der Waals surface area contributed by atoms with E-state index in [9.17, 15) is 23.6 Å². The molecule has 0 unspecified atom stereocenters. The number of alkyl halides is 2. The minimum Gasteiger partial charge on any atom is -0.480 e. The highest BCUT2D eigenvalue weighted by molar-refractivity contribution is 9.10. The van der Waals surface area contributed by atoms with Crippen LogP contribution in [0.5, 0.6) is 0 Å². The molecule has 11 heteroatoms. The predicted octanol–water partition coefficient (Wildman–Crippen LogP) is 3.55. The van der Waals surface area contributed by atoms with Crippen LogP contribution in [-0.4, -0.2) is 38.3 Å². The fourth-order valence-corrected chi connectivity index (χ4v) is 3.97. The highest BCUT2D eigenvalue weighted by Gasteiger charge is 2.42. The molecule has 148 valence electrons. The summed E-state index contributed by atoms with van der Waals surface area (Å²) in [7, 11) is 0. The van der Waals surface area contributed by atoms with Crippen molar-refractivity contribution in [1.82, 2.24) is 14.9 Å². The number of imidazole rings is 1. The molecule has 29 heavy (non-hydrogen) atoms. The largest absolute Gasteiger partial charge is 0.480 e. The normalized spacial score (nSPS) is 11.2. The number of hydrogen-bond donors (Lipinski definition) is 2. The van der Waals surface area contributed by atoms with E-state index in [1.807, 2.05) is 0 Å². The van der Waals surface area contributed by atoms with Gasteiger partial charge in [0.05, 0.1) is 23.5 Å². The number of carbonyl (C=O) groups is 2. The lowest BCUT2D eigenvalue weighted by molar-refractivity contribution is -0.141. The number of fused-ring (bicyclic) bond motifs is 1. The summed E-state index contributed by atoms with van der Waals surface area (Å²) in [5.41, 5.74) is 0.904. The molecule has 0 aliphatic carbocycles. The quantitative estimate of drug-likeness (QED) is 0.522. The van der Waals surface area contributed by atoms with Crippen molar-refractivity contribution in [1.29, 1.82) is 5.26 Å². The lowest BCUT2D eigenvalue weighted by Gasteiger charge is -2.17. The highest BCUT2D eigenvalue weighted by Crippen LogP contribution is 2.39. The van der Waals surface area contributed by atoms with Crippen LogP contribution in [0.15, 0.2) is 52.4 Å². The molecule has 3 rings (SSSR count). The third-order valence-corrected chi connectivity index (χ3v) is 5.30. The third-order valence-electron chi connectivity index (χ3n) is 3.83. The molecule has 2 aromatic carbocycles. The van der Waals surface area contributed by atoms with Crippen LogP contribution < -0.4 is 5.32 Å². The highest BCUT2D eigenvalue weighted by atomic mass is 79.9. The topological polar surface area (TPSA) is 108 Å². The molecule has 3 aromatic rings. The van der Waals surface area contributed by atoms with Crippen LogP contribution in [0.4, 0.5) is 8.78 Å². The van der Waals surface area contributed by atoms with Crippen molar-refractivity contribution in [2.75, 3.05) is 6.54 Å². The van der Waals surface area contributed by atoms with Crippen LogP contribution >= 0.6 is 27.7 Å². The molecule has 0 radical (unpaired) electrons. The maximum absolute atomic E-state index is 14.3. The number of benzene rings is 2. The molecule has 1 amide bonds. The fourth-order valence-electron chi connectivity index (χ4n) is 2.60. The molecule has 1 heterocycles. The molecule has 0 atom stereocenters. The summed E-state index contributed by atoms with van der Waals surface area (Å²) < 4.78 is 30.4. The minimum atomic E-state index is -3.96. The van der Waals surface area contributed by atoms with Crippen LogP contribution in [0.3, 0.4) is 0 Å². The van der Waals surface area contributed by atoms with E-state index in [1.165, 1.54) is 10.8 Å². The van der Waals surface area contributed by atoms with Gasteiger partial charge in [-0.05, 0) is 39.8 Å². The number of carbonyl (C=O) groups excluding carboxylic acids is 1. The van der Waals surface area contributed by atoms with E-state index in [0.29, 0.717) is 26.6 Å². The number of hydrogen-bond acceptors (Lipinski definition) is 5. The number of carboxylic acids is 1. The second kappa shape index (κ2) is 8.18. The maximum Gasteiger partial charge on any atom is 0.377 e. The number of aliphatic carboxylic acids is 1. The third kappa shape index (κ3) is 4.23. The second-order valence-corrected chi connectivity index (χ2v) is 7.58. The summed E-state index contributed by atoms with van der Waals surface area (Å²) in [4.78, 5) is 26.1. The Labute approximate surface area is 175 Å². The van der Waals surface area contributed by atoms with Gasteiger partial charge in [0.15, 0.2) is 5.16 Å². The number of nitrogens with zero attached hydrogens (tertiary/aromatic N) is 3. The molecule has 0 saturated heterocycles. The molecule has 0 aliphatic rings. The van der Waals surface area contributed by atoms with Crippen molar-refractivity contribution in [3.8, 4) is 11.8 Å². The number of carboxylic acid groups (broad SMARTS) is 1. The number of halogens is 3. The zero-order chi connectivity index (χ0) is 21.2. The van der Waals surface area contributed by atoms with E-state index in [2.05, 4.69) is 27.0 Å². The van der Waals surface area contributed by atoms with Crippen LogP contribution in [0.1, 0.15) is 5.56 Å². The van der Waals surface area contributed by atoms with Crippen molar-refractivity contribution >= 4 is 50.3 Å². The summed E-state index contributed by atoms with van der Waals surface area (Å²) in [6.07, 6.45) is 1.31. The Morgan fingerprint density at radius 3 is 2.62 bits per heavy atom. The van der Waals surface area contributed by atoms with Crippen molar-refractivity contribution in [2.24, 2.45) is 0 Å². The van der Waals surface area contributed by atoms with Crippen LogP contribution in [0.2, 0.25) is 0 Å². The van der Waals surface area contributed by atoms with E-state index in [1.54, 1.807) is 41.7 Å². The second-order valence-electron chi connectivity index (χ2n) is 5.68. The zero-order valence-corrected chi connectivity index (χ0v) is 16.8. The molecule has 0 fully saturated rings. The molecule has 2 N–H and O–H groups in total. The first-order chi connectivity index (χ1) is 13.7. The van der Waals surface area contributed by atoms with Gasteiger partial charge in [0.2, 0.25) is 0 Å². The monoisotopic (exact) mass is 480 g/mol. The van der Waals surface area contributed by atoms with Crippen molar-refractivity contribution in [2.45, 2.75) is 10.4 Å². The van der Waals surface area contributed by atoms with E-state index in [0.717, 1.165) is 0 Å². The van der Waals surface area contributed by atoms with E-state index in [-0.39, 0.29) is 16.9 Å². The lowest BCUT2D eigenvalue weighted by atomic mass is 10.0. The Balaban J connectivity index is 2.04. The van der Waals surface area contributed by atoms with Gasteiger partial charge in [-0.2, -0.15) is 14.0 Å². The Hall–Kier alpha value is -2.97. The van der Waals surface area contributed by atoms with Gasteiger partial charge >= 0.3 is 17.1 Å². The smallest absolute Gasteiger partial charge is 0.377 e. The molecular formula is C18H11BrF2N4O3S. The minimum absolute atomic E-state index is 0.115. The van der Waals surface area contributed by atoms with E-state index in [4.69, 9.17) is 5.11 Å². The number of aromatic nitrogens is 2. The first-order valence-corrected chi connectivity index (χ1v) is 9.58. The first-order valence-electron chi connectivity index (χ1n) is 7.97. The molecule has 1 aromatic heterocycles. The van der Waals surface area contributed by atoms with Crippen molar-refractivity contribution < 1.29 is 23.5 Å². The summed E-state index contributed by atoms with van der Waals surface area (Å²) in [6.45, 7) is -0.923. The standard InChI is InChI=1S/C18H11BrF2N4O3S/c19-14-8-24-17(29-18(20,21)16(28)23-9-15(26)27)25(14)13-6-5-10(7-22)11-3-1-2-4-12(11)13/h1-6,8H,9H2,(H,23,28)(H,26,27). The predicted molar refractivity (Wildman–Crippen MR) is 105 cm³/mol. The van der Waals surface area contributed by atoms with Gasteiger partial charge in [0.25, 0.3) is 0 Å². The Bertz CT molecular complexity index is 1160. The average molecular weight is 481 g/mol. The van der Waals surface area contributed by atoms with E-state index >= 15 is 0 Å². The van der Waals surface area contributed by atoms with Crippen LogP contribution in [0, 0.1) is 11.3 Å². The Kier molecular flexibility index (Phi) is 5.86. The zero-order valence-electron chi connectivity index (χ0n) is 14.4. The Morgan fingerprint density at radius 2 is 1.97 bits per heavy atom. The van der Waals surface area contributed by atoms with Gasteiger partial charge in [-0.15, -0.1) is 0 Å². The fraction of sp³-hybridized carbons (Fsp3) is 0.111. The van der Waals surface area contributed by atoms with Gasteiger partial charge < -0.3 is 10.4 Å². The van der Waals surface area contributed by atoms with E-state index < -0.39 is 23.7 Å². The molecule has 0 saturated carbocycles. The number of thioether (sulfide) groups is 1. The number of nitrogens with one attached hydrogen (secondary N) is 1. The summed E-state index contributed by atoms with van der Waals surface area (Å²) in [6, 6.07) is 12.2. The van der Waals surface area contributed by atoms with Crippen molar-refractivity contribution in [3.05, 3.63) is 52.8 Å². The van der Waals surface area contributed by atoms with Gasteiger partial charge in [0, 0.05) is 10.8 Å². The number of amides is 1. The molecule has 0 aliphatic heterocycles. The molecule has 0 bridgehead atoms. The molecule has 7 nitrogen and oxygen atoms in total. The number of nitriles is 1. The molecular weight excluding hydrogens is 470 g/mol. The van der Waals surface area contributed by atoms with Gasteiger partial charge in [0.1, 0.15) is 11.1 Å².